The molecule has 1 aromatic carbocycles. The maximum atomic E-state index is 4.38. The summed E-state index contributed by atoms with van der Waals surface area (Å²) in [6, 6.07) is 10.6. The summed E-state index contributed by atoms with van der Waals surface area (Å²) in [6.45, 7) is 6.50. The second kappa shape index (κ2) is 4.48. The predicted molar refractivity (Wildman–Crippen MR) is 67.7 cm³/mol. The molecule has 1 aromatic heterocycles. The van der Waals surface area contributed by atoms with Gasteiger partial charge in [-0.3, -0.25) is 4.98 Å². The van der Waals surface area contributed by atoms with Crippen molar-refractivity contribution in [2.75, 3.05) is 0 Å². The smallest absolute Gasteiger partial charge is 0.0447 e. The molecule has 0 aliphatic heterocycles. The number of pyridine rings is 1. The van der Waals surface area contributed by atoms with Crippen molar-refractivity contribution in [3.05, 3.63) is 64.5 Å². The Kier molecular flexibility index (Phi) is 3.04. The SMILES string of the molecule is Cc1cc(C)c(Cc2ccccn2)c(C)c1. The molecule has 0 spiro atoms. The van der Waals surface area contributed by atoms with E-state index in [1.54, 1.807) is 0 Å². The van der Waals surface area contributed by atoms with Gasteiger partial charge in [0.05, 0.1) is 0 Å². The van der Waals surface area contributed by atoms with Crippen LogP contribution in [0.3, 0.4) is 0 Å². The normalized spacial score (nSPS) is 10.4. The van der Waals surface area contributed by atoms with Crippen molar-refractivity contribution in [1.82, 2.24) is 4.98 Å². The second-order valence-electron chi connectivity index (χ2n) is 4.38. The number of aromatic nitrogens is 1. The highest BCUT2D eigenvalue weighted by Crippen LogP contribution is 2.19. The summed E-state index contributed by atoms with van der Waals surface area (Å²) < 4.78 is 0. The molecule has 0 saturated carbocycles. The van der Waals surface area contributed by atoms with Crippen LogP contribution in [0.2, 0.25) is 0 Å². The lowest BCUT2D eigenvalue weighted by Gasteiger charge is -2.10. The minimum Gasteiger partial charge on any atom is -0.261 e. The van der Waals surface area contributed by atoms with Gasteiger partial charge < -0.3 is 0 Å². The lowest BCUT2D eigenvalue weighted by atomic mass is 9.96. The van der Waals surface area contributed by atoms with Crippen molar-refractivity contribution in [2.24, 2.45) is 0 Å². The fourth-order valence-corrected chi connectivity index (χ4v) is 2.17. The van der Waals surface area contributed by atoms with Gasteiger partial charge in [-0.05, 0) is 49.6 Å². The Morgan fingerprint density at radius 3 is 2.25 bits per heavy atom. The summed E-state index contributed by atoms with van der Waals surface area (Å²) in [4.78, 5) is 4.38. The number of nitrogens with zero attached hydrogens (tertiary/aromatic N) is 1. The highest BCUT2D eigenvalue weighted by atomic mass is 14.7. The van der Waals surface area contributed by atoms with E-state index in [4.69, 9.17) is 0 Å². The van der Waals surface area contributed by atoms with Gasteiger partial charge in [0.2, 0.25) is 0 Å². The minimum atomic E-state index is 0.929. The number of hydrogen-bond acceptors (Lipinski definition) is 1. The van der Waals surface area contributed by atoms with Crippen molar-refractivity contribution in [2.45, 2.75) is 27.2 Å². The van der Waals surface area contributed by atoms with Crippen molar-refractivity contribution < 1.29 is 0 Å². The summed E-state index contributed by atoms with van der Waals surface area (Å²) in [5.41, 5.74) is 6.60. The summed E-state index contributed by atoms with van der Waals surface area (Å²) in [5, 5.41) is 0. The van der Waals surface area contributed by atoms with Crippen molar-refractivity contribution in [1.29, 1.82) is 0 Å². The molecular formula is C15H17N. The average molecular weight is 211 g/mol. The zero-order valence-electron chi connectivity index (χ0n) is 10.1. The first kappa shape index (κ1) is 10.9. The van der Waals surface area contributed by atoms with Crippen LogP contribution in [-0.4, -0.2) is 4.98 Å². The van der Waals surface area contributed by atoms with Gasteiger partial charge in [-0.1, -0.05) is 23.8 Å². The van der Waals surface area contributed by atoms with Gasteiger partial charge in [0, 0.05) is 18.3 Å². The molecule has 2 rings (SSSR count). The molecule has 0 saturated heterocycles. The predicted octanol–water partition coefficient (Wildman–Crippen LogP) is 3.60. The quantitative estimate of drug-likeness (QED) is 0.739. The van der Waals surface area contributed by atoms with Crippen LogP contribution in [0.15, 0.2) is 36.5 Å². The molecule has 0 aliphatic carbocycles. The van der Waals surface area contributed by atoms with Gasteiger partial charge in [0.1, 0.15) is 0 Å². The van der Waals surface area contributed by atoms with Crippen LogP contribution >= 0.6 is 0 Å². The van der Waals surface area contributed by atoms with E-state index in [-0.39, 0.29) is 0 Å². The highest BCUT2D eigenvalue weighted by Gasteiger charge is 2.05. The minimum absolute atomic E-state index is 0.929. The molecule has 2 aromatic rings. The van der Waals surface area contributed by atoms with Crippen molar-refractivity contribution in [3.63, 3.8) is 0 Å². The number of benzene rings is 1. The Labute approximate surface area is 97.2 Å². The lowest BCUT2D eigenvalue weighted by Crippen LogP contribution is -1.98. The van der Waals surface area contributed by atoms with Gasteiger partial charge >= 0.3 is 0 Å². The zero-order valence-corrected chi connectivity index (χ0v) is 10.1. The topological polar surface area (TPSA) is 12.9 Å². The number of hydrogen-bond donors (Lipinski definition) is 0. The third-order valence-electron chi connectivity index (χ3n) is 2.92. The Balaban J connectivity index is 2.35. The molecule has 0 fully saturated rings. The first-order chi connectivity index (χ1) is 7.66. The molecule has 0 radical (unpaired) electrons. The van der Waals surface area contributed by atoms with E-state index >= 15 is 0 Å². The Morgan fingerprint density at radius 1 is 1.00 bits per heavy atom. The molecule has 0 unspecified atom stereocenters. The molecule has 1 heteroatoms. The summed E-state index contributed by atoms with van der Waals surface area (Å²) in [5.74, 6) is 0. The molecule has 0 aliphatic rings. The van der Waals surface area contributed by atoms with Crippen molar-refractivity contribution in [3.8, 4) is 0 Å². The zero-order chi connectivity index (χ0) is 11.5. The lowest BCUT2D eigenvalue weighted by molar-refractivity contribution is 1.04. The molecule has 0 bridgehead atoms. The van der Waals surface area contributed by atoms with Crippen LogP contribution in [0.5, 0.6) is 0 Å². The van der Waals surface area contributed by atoms with Crippen molar-refractivity contribution >= 4 is 0 Å². The van der Waals surface area contributed by atoms with E-state index in [9.17, 15) is 0 Å². The first-order valence-electron chi connectivity index (χ1n) is 5.63. The fraction of sp³-hybridized carbons (Fsp3) is 0.267. The van der Waals surface area contributed by atoms with E-state index in [0.717, 1.165) is 12.1 Å². The summed E-state index contributed by atoms with van der Waals surface area (Å²) >= 11 is 0. The summed E-state index contributed by atoms with van der Waals surface area (Å²) in [6.07, 6.45) is 2.78. The van der Waals surface area contributed by atoms with Crippen LogP contribution in [0.4, 0.5) is 0 Å². The number of rotatable bonds is 2. The van der Waals surface area contributed by atoms with E-state index < -0.39 is 0 Å². The third-order valence-corrected chi connectivity index (χ3v) is 2.92. The average Bonchev–Trinajstić information content (AvgIpc) is 2.25. The van der Waals surface area contributed by atoms with E-state index in [1.165, 1.54) is 22.3 Å². The van der Waals surface area contributed by atoms with Gasteiger partial charge in [-0.2, -0.15) is 0 Å². The first-order valence-corrected chi connectivity index (χ1v) is 5.63. The molecule has 1 nitrogen and oxygen atoms in total. The molecular weight excluding hydrogens is 194 g/mol. The van der Waals surface area contributed by atoms with Crippen LogP contribution in [0, 0.1) is 20.8 Å². The maximum absolute atomic E-state index is 4.38. The highest BCUT2D eigenvalue weighted by molar-refractivity contribution is 5.39. The molecule has 16 heavy (non-hydrogen) atoms. The molecule has 0 N–H and O–H groups in total. The second-order valence-corrected chi connectivity index (χ2v) is 4.38. The largest absolute Gasteiger partial charge is 0.261 e. The monoisotopic (exact) mass is 211 g/mol. The van der Waals surface area contributed by atoms with Gasteiger partial charge in [0.15, 0.2) is 0 Å². The maximum Gasteiger partial charge on any atom is 0.0447 e. The molecule has 82 valence electrons. The van der Waals surface area contributed by atoms with Crippen LogP contribution in [-0.2, 0) is 6.42 Å². The Bertz CT molecular complexity index is 463. The van der Waals surface area contributed by atoms with E-state index in [0.29, 0.717) is 0 Å². The third kappa shape index (κ3) is 2.30. The standard InChI is InChI=1S/C15H17N/c1-11-8-12(2)15(13(3)9-11)10-14-6-4-5-7-16-14/h4-9H,10H2,1-3H3. The van der Waals surface area contributed by atoms with Crippen LogP contribution < -0.4 is 0 Å². The fourth-order valence-electron chi connectivity index (χ4n) is 2.17. The Hall–Kier alpha value is -1.63. The van der Waals surface area contributed by atoms with Gasteiger partial charge in [-0.15, -0.1) is 0 Å². The molecule has 0 atom stereocenters. The van der Waals surface area contributed by atoms with Crippen LogP contribution in [0.25, 0.3) is 0 Å². The summed E-state index contributed by atoms with van der Waals surface area (Å²) in [7, 11) is 0. The molecule has 0 amide bonds. The van der Waals surface area contributed by atoms with Gasteiger partial charge in [-0.25, -0.2) is 0 Å². The van der Waals surface area contributed by atoms with E-state index in [1.807, 2.05) is 18.3 Å². The Morgan fingerprint density at radius 2 is 1.69 bits per heavy atom. The number of aryl methyl sites for hydroxylation is 3. The van der Waals surface area contributed by atoms with Gasteiger partial charge in [0.25, 0.3) is 0 Å². The van der Waals surface area contributed by atoms with Crippen LogP contribution in [0.1, 0.15) is 27.9 Å². The molecule has 1 heterocycles. The van der Waals surface area contributed by atoms with E-state index in [2.05, 4.69) is 44.0 Å².